The summed E-state index contributed by atoms with van der Waals surface area (Å²) in [6.45, 7) is 4.07. The maximum absolute atomic E-state index is 13.2. The van der Waals surface area contributed by atoms with E-state index >= 15 is 0 Å². The van der Waals surface area contributed by atoms with Gasteiger partial charge in [0, 0.05) is 50.7 Å². The van der Waals surface area contributed by atoms with Gasteiger partial charge >= 0.3 is 0 Å². The van der Waals surface area contributed by atoms with Gasteiger partial charge in [-0.1, -0.05) is 0 Å². The Balaban J connectivity index is 0.00000243. The van der Waals surface area contributed by atoms with E-state index in [1.54, 1.807) is 7.05 Å². The molecule has 0 aliphatic carbocycles. The highest BCUT2D eigenvalue weighted by molar-refractivity contribution is 14.0. The van der Waals surface area contributed by atoms with Crippen LogP contribution in [0.4, 0.5) is 8.78 Å². The molecule has 1 aliphatic heterocycles. The summed E-state index contributed by atoms with van der Waals surface area (Å²) in [5.41, 5.74) is 1.98. The third-order valence-corrected chi connectivity index (χ3v) is 5.24. The van der Waals surface area contributed by atoms with Crippen LogP contribution in [0, 0.1) is 11.6 Å². The van der Waals surface area contributed by atoms with Gasteiger partial charge in [-0.2, -0.15) is 0 Å². The SMILES string of the molecule is CN=C(NCCN1CCc2sccc2C1)NCc1cc(F)cc(F)c1.I. The molecule has 8 heteroatoms. The molecule has 2 aromatic rings. The average Bonchev–Trinajstić information content (AvgIpc) is 3.04. The van der Waals surface area contributed by atoms with Crippen molar-refractivity contribution < 1.29 is 8.78 Å². The molecule has 1 aliphatic rings. The van der Waals surface area contributed by atoms with Gasteiger partial charge in [0.15, 0.2) is 5.96 Å². The van der Waals surface area contributed by atoms with Gasteiger partial charge in [0.2, 0.25) is 0 Å². The molecule has 0 bridgehead atoms. The zero-order valence-electron chi connectivity index (χ0n) is 14.6. The van der Waals surface area contributed by atoms with E-state index in [9.17, 15) is 8.78 Å². The fraction of sp³-hybridized carbons (Fsp3) is 0.389. The van der Waals surface area contributed by atoms with Crippen LogP contribution in [-0.4, -0.2) is 37.5 Å². The Morgan fingerprint density at radius 3 is 2.73 bits per heavy atom. The number of aliphatic imine (C=N–C) groups is 1. The maximum atomic E-state index is 13.2. The Kier molecular flexibility index (Phi) is 8.23. The van der Waals surface area contributed by atoms with E-state index in [1.165, 1.54) is 22.6 Å². The van der Waals surface area contributed by atoms with Crippen LogP contribution in [0.5, 0.6) is 0 Å². The fourth-order valence-electron chi connectivity index (χ4n) is 2.95. The van der Waals surface area contributed by atoms with Crippen molar-refractivity contribution in [1.29, 1.82) is 0 Å². The highest BCUT2D eigenvalue weighted by atomic mass is 127. The zero-order valence-corrected chi connectivity index (χ0v) is 17.7. The van der Waals surface area contributed by atoms with E-state index in [1.807, 2.05) is 11.3 Å². The molecule has 0 unspecified atom stereocenters. The van der Waals surface area contributed by atoms with E-state index in [0.717, 1.165) is 38.7 Å². The highest BCUT2D eigenvalue weighted by Crippen LogP contribution is 2.23. The van der Waals surface area contributed by atoms with Crippen molar-refractivity contribution >= 4 is 41.3 Å². The molecule has 26 heavy (non-hydrogen) atoms. The third kappa shape index (κ3) is 5.88. The quantitative estimate of drug-likeness (QED) is 0.382. The normalized spacial score (nSPS) is 14.5. The van der Waals surface area contributed by atoms with Gasteiger partial charge in [-0.25, -0.2) is 8.78 Å². The largest absolute Gasteiger partial charge is 0.355 e. The fourth-order valence-corrected chi connectivity index (χ4v) is 3.84. The van der Waals surface area contributed by atoms with Crippen LogP contribution in [0.2, 0.25) is 0 Å². The van der Waals surface area contributed by atoms with Crippen molar-refractivity contribution in [2.45, 2.75) is 19.5 Å². The van der Waals surface area contributed by atoms with Crippen LogP contribution in [0.3, 0.4) is 0 Å². The molecule has 0 atom stereocenters. The Morgan fingerprint density at radius 1 is 1.23 bits per heavy atom. The number of thiophene rings is 1. The van der Waals surface area contributed by atoms with Gasteiger partial charge < -0.3 is 10.6 Å². The molecule has 142 valence electrons. The topological polar surface area (TPSA) is 39.7 Å². The van der Waals surface area contributed by atoms with Crippen molar-refractivity contribution in [2.75, 3.05) is 26.7 Å². The lowest BCUT2D eigenvalue weighted by Gasteiger charge is -2.27. The predicted octanol–water partition coefficient (Wildman–Crippen LogP) is 3.37. The first-order chi connectivity index (χ1) is 12.1. The monoisotopic (exact) mass is 492 g/mol. The second-order valence-corrected chi connectivity index (χ2v) is 7.03. The minimum Gasteiger partial charge on any atom is -0.355 e. The lowest BCUT2D eigenvalue weighted by molar-refractivity contribution is 0.260. The highest BCUT2D eigenvalue weighted by Gasteiger charge is 2.16. The number of benzene rings is 1. The number of hydrogen-bond acceptors (Lipinski definition) is 3. The average molecular weight is 492 g/mol. The van der Waals surface area contributed by atoms with E-state index in [4.69, 9.17) is 0 Å². The molecule has 1 aromatic heterocycles. The summed E-state index contributed by atoms with van der Waals surface area (Å²) < 4.78 is 26.4. The van der Waals surface area contributed by atoms with Crippen LogP contribution in [0.25, 0.3) is 0 Å². The second kappa shape index (κ2) is 10.2. The van der Waals surface area contributed by atoms with Gasteiger partial charge in [0.05, 0.1) is 0 Å². The predicted molar refractivity (Wildman–Crippen MR) is 113 cm³/mol. The summed E-state index contributed by atoms with van der Waals surface area (Å²) in [5.74, 6) is -0.520. The molecule has 0 spiro atoms. The molecule has 0 amide bonds. The number of rotatable bonds is 5. The van der Waals surface area contributed by atoms with E-state index in [0.29, 0.717) is 18.1 Å². The molecule has 0 saturated heterocycles. The Morgan fingerprint density at radius 2 is 2.00 bits per heavy atom. The molecule has 3 rings (SSSR count). The van der Waals surface area contributed by atoms with Crippen molar-refractivity contribution in [3.8, 4) is 0 Å². The van der Waals surface area contributed by atoms with E-state index in [2.05, 4.69) is 32.0 Å². The Hall–Kier alpha value is -1.26. The Labute approximate surface area is 173 Å². The number of nitrogens with one attached hydrogen (secondary N) is 2. The smallest absolute Gasteiger partial charge is 0.191 e. The van der Waals surface area contributed by atoms with Gasteiger partial charge in [-0.3, -0.25) is 9.89 Å². The summed E-state index contributed by atoms with van der Waals surface area (Å²) >= 11 is 1.84. The van der Waals surface area contributed by atoms with Crippen LogP contribution in [0.15, 0.2) is 34.6 Å². The first-order valence-electron chi connectivity index (χ1n) is 8.31. The zero-order chi connectivity index (χ0) is 17.6. The number of guanidine groups is 1. The van der Waals surface area contributed by atoms with Crippen molar-refractivity contribution in [1.82, 2.24) is 15.5 Å². The van der Waals surface area contributed by atoms with Crippen LogP contribution in [0.1, 0.15) is 16.0 Å². The summed E-state index contributed by atoms with van der Waals surface area (Å²) in [4.78, 5) is 8.07. The number of halogens is 3. The molecule has 1 aromatic carbocycles. The third-order valence-electron chi connectivity index (χ3n) is 4.21. The van der Waals surface area contributed by atoms with Crippen molar-refractivity contribution in [3.05, 3.63) is 57.3 Å². The minimum atomic E-state index is -0.572. The summed E-state index contributed by atoms with van der Waals surface area (Å²) in [6, 6.07) is 5.71. The molecular formula is C18H23F2IN4S. The van der Waals surface area contributed by atoms with Gasteiger partial charge in [-0.05, 0) is 41.1 Å². The number of fused-ring (bicyclic) bond motifs is 1. The van der Waals surface area contributed by atoms with Crippen molar-refractivity contribution in [3.63, 3.8) is 0 Å². The molecule has 0 fully saturated rings. The summed E-state index contributed by atoms with van der Waals surface area (Å²) in [5, 5.41) is 8.48. The molecule has 2 N–H and O–H groups in total. The van der Waals surface area contributed by atoms with Crippen LogP contribution < -0.4 is 10.6 Å². The van der Waals surface area contributed by atoms with Gasteiger partial charge in [0.1, 0.15) is 11.6 Å². The molecule has 0 radical (unpaired) electrons. The van der Waals surface area contributed by atoms with Gasteiger partial charge in [0.25, 0.3) is 0 Å². The first-order valence-corrected chi connectivity index (χ1v) is 9.19. The second-order valence-electron chi connectivity index (χ2n) is 6.03. The number of hydrogen-bond donors (Lipinski definition) is 2. The maximum Gasteiger partial charge on any atom is 0.191 e. The Bertz CT molecular complexity index is 730. The van der Waals surface area contributed by atoms with E-state index in [-0.39, 0.29) is 24.0 Å². The lowest BCUT2D eigenvalue weighted by Crippen LogP contribution is -2.42. The molecule has 0 saturated carbocycles. The van der Waals surface area contributed by atoms with Gasteiger partial charge in [-0.15, -0.1) is 35.3 Å². The van der Waals surface area contributed by atoms with Crippen LogP contribution >= 0.6 is 35.3 Å². The lowest BCUT2D eigenvalue weighted by atomic mass is 10.1. The van der Waals surface area contributed by atoms with Crippen LogP contribution in [-0.2, 0) is 19.5 Å². The van der Waals surface area contributed by atoms with E-state index < -0.39 is 11.6 Å². The molecule has 4 nitrogen and oxygen atoms in total. The standard InChI is InChI=1S/C18H22F2N4S.HI/c1-21-18(23-11-13-8-15(19)10-16(20)9-13)22-4-6-24-5-2-17-14(12-24)3-7-25-17;/h3,7-10H,2,4-6,11-12H2,1H3,(H2,21,22,23);1H. The van der Waals surface area contributed by atoms with Crippen molar-refractivity contribution in [2.24, 2.45) is 4.99 Å². The number of nitrogens with zero attached hydrogens (tertiary/aromatic N) is 2. The summed E-state index contributed by atoms with van der Waals surface area (Å²) in [7, 11) is 1.68. The summed E-state index contributed by atoms with van der Waals surface area (Å²) in [6.07, 6.45) is 1.12. The molecule has 2 heterocycles. The molecular weight excluding hydrogens is 469 g/mol. The minimum absolute atomic E-state index is 0. The first kappa shape index (κ1) is 21.0.